The minimum atomic E-state index is -2.49. The van der Waals surface area contributed by atoms with Crippen LogP contribution in [0.3, 0.4) is 0 Å². The highest BCUT2D eigenvalue weighted by atomic mass is 35.5. The van der Waals surface area contributed by atoms with E-state index in [1.54, 1.807) is 24.3 Å². The molecule has 0 aliphatic carbocycles. The molecule has 0 saturated carbocycles. The number of halogens is 3. The van der Waals surface area contributed by atoms with E-state index in [0.717, 1.165) is 19.4 Å². The standard InChI is InChI=1S/C14H18F2N2OS.ClH/c1-9-8-10(6-7-17-9)13(19)18-11-4-2-3-5-12(11)20-14(15)16;/h2-5,9-10,14,17H,6-8H2,1H3,(H,18,19);1H/t9-,10-;/m0./s1. The molecule has 118 valence electrons. The highest BCUT2D eigenvalue weighted by Gasteiger charge is 2.25. The fraction of sp³-hybridized carbons (Fsp3) is 0.500. The highest BCUT2D eigenvalue weighted by molar-refractivity contribution is 7.99. The van der Waals surface area contributed by atoms with Crippen LogP contribution in [0.2, 0.25) is 0 Å². The van der Waals surface area contributed by atoms with E-state index in [0.29, 0.717) is 28.4 Å². The average Bonchev–Trinajstić information content (AvgIpc) is 2.40. The minimum absolute atomic E-state index is 0. The summed E-state index contributed by atoms with van der Waals surface area (Å²) in [6.45, 7) is 2.85. The van der Waals surface area contributed by atoms with Crippen molar-refractivity contribution >= 4 is 35.8 Å². The summed E-state index contributed by atoms with van der Waals surface area (Å²) < 4.78 is 25.0. The van der Waals surface area contributed by atoms with Crippen molar-refractivity contribution in [2.24, 2.45) is 5.92 Å². The summed E-state index contributed by atoms with van der Waals surface area (Å²) in [4.78, 5) is 12.6. The van der Waals surface area contributed by atoms with E-state index in [9.17, 15) is 13.6 Å². The van der Waals surface area contributed by atoms with Crippen molar-refractivity contribution in [3.63, 3.8) is 0 Å². The van der Waals surface area contributed by atoms with Crippen molar-refractivity contribution in [3.8, 4) is 0 Å². The molecule has 0 spiro atoms. The molecule has 1 fully saturated rings. The quantitative estimate of drug-likeness (QED) is 0.823. The summed E-state index contributed by atoms with van der Waals surface area (Å²) >= 11 is 0.454. The molecule has 2 atom stereocenters. The van der Waals surface area contributed by atoms with E-state index >= 15 is 0 Å². The second-order valence-corrected chi connectivity index (χ2v) is 5.97. The number of hydrogen-bond donors (Lipinski definition) is 2. The summed E-state index contributed by atoms with van der Waals surface area (Å²) in [5, 5.41) is 6.07. The second-order valence-electron chi connectivity index (χ2n) is 4.94. The SMILES string of the molecule is C[C@H]1C[C@@H](C(=O)Nc2ccccc2SC(F)F)CCN1.Cl. The first-order valence-electron chi connectivity index (χ1n) is 6.64. The Hall–Kier alpha value is -0.850. The van der Waals surface area contributed by atoms with Gasteiger partial charge in [0.1, 0.15) is 0 Å². The number of carbonyl (C=O) groups is 1. The van der Waals surface area contributed by atoms with Crippen LogP contribution in [0.15, 0.2) is 29.2 Å². The van der Waals surface area contributed by atoms with Gasteiger partial charge in [-0.05, 0) is 38.4 Å². The molecule has 1 aliphatic rings. The minimum Gasteiger partial charge on any atom is -0.325 e. The molecule has 0 aromatic heterocycles. The number of nitrogens with one attached hydrogen (secondary N) is 2. The largest absolute Gasteiger partial charge is 0.325 e. The number of alkyl halides is 2. The first kappa shape index (κ1) is 18.2. The van der Waals surface area contributed by atoms with Crippen LogP contribution in [0.25, 0.3) is 0 Å². The van der Waals surface area contributed by atoms with E-state index in [1.165, 1.54) is 0 Å². The summed E-state index contributed by atoms with van der Waals surface area (Å²) in [7, 11) is 0. The van der Waals surface area contributed by atoms with Crippen molar-refractivity contribution in [3.05, 3.63) is 24.3 Å². The van der Waals surface area contributed by atoms with Crippen LogP contribution >= 0.6 is 24.2 Å². The summed E-state index contributed by atoms with van der Waals surface area (Å²) in [5.74, 6) is -2.64. The van der Waals surface area contributed by atoms with Crippen LogP contribution < -0.4 is 10.6 Å². The van der Waals surface area contributed by atoms with Crippen LogP contribution in [0.5, 0.6) is 0 Å². The molecule has 1 saturated heterocycles. The lowest BCUT2D eigenvalue weighted by molar-refractivity contribution is -0.120. The first-order valence-corrected chi connectivity index (χ1v) is 7.52. The Balaban J connectivity index is 0.00000220. The molecule has 1 aromatic carbocycles. The number of benzene rings is 1. The van der Waals surface area contributed by atoms with E-state index in [1.807, 2.05) is 6.92 Å². The molecule has 0 bridgehead atoms. The number of anilines is 1. The van der Waals surface area contributed by atoms with Gasteiger partial charge < -0.3 is 10.6 Å². The maximum atomic E-state index is 12.5. The van der Waals surface area contributed by atoms with Gasteiger partial charge in [-0.15, -0.1) is 12.4 Å². The Labute approximate surface area is 133 Å². The van der Waals surface area contributed by atoms with Crippen molar-refractivity contribution < 1.29 is 13.6 Å². The average molecular weight is 337 g/mol. The van der Waals surface area contributed by atoms with Crippen LogP contribution in [0, 0.1) is 5.92 Å². The Morgan fingerprint density at radius 3 is 2.81 bits per heavy atom. The Bertz CT molecular complexity index is 476. The van der Waals surface area contributed by atoms with Gasteiger partial charge in [-0.2, -0.15) is 8.78 Å². The Kier molecular flexibility index (Phi) is 7.42. The lowest BCUT2D eigenvalue weighted by Crippen LogP contribution is -2.40. The van der Waals surface area contributed by atoms with Crippen molar-refractivity contribution in [2.45, 2.75) is 36.5 Å². The van der Waals surface area contributed by atoms with Crippen molar-refractivity contribution in [2.75, 3.05) is 11.9 Å². The fourth-order valence-corrected chi connectivity index (χ4v) is 2.97. The third-order valence-corrected chi connectivity index (χ3v) is 4.14. The number of rotatable bonds is 4. The van der Waals surface area contributed by atoms with Gasteiger partial charge in [-0.3, -0.25) is 4.79 Å². The van der Waals surface area contributed by atoms with Crippen molar-refractivity contribution in [1.82, 2.24) is 5.32 Å². The molecule has 1 heterocycles. The summed E-state index contributed by atoms with van der Waals surface area (Å²) in [6.07, 6.45) is 1.55. The third kappa shape index (κ3) is 5.45. The molecule has 0 radical (unpaired) electrons. The van der Waals surface area contributed by atoms with E-state index in [-0.39, 0.29) is 24.2 Å². The second kappa shape index (κ2) is 8.56. The number of carbonyl (C=O) groups excluding carboxylic acids is 1. The van der Waals surface area contributed by atoms with E-state index < -0.39 is 5.76 Å². The van der Waals surface area contributed by atoms with Crippen LogP contribution in [-0.2, 0) is 4.79 Å². The lowest BCUT2D eigenvalue weighted by atomic mass is 9.92. The fourth-order valence-electron chi connectivity index (χ4n) is 2.37. The maximum Gasteiger partial charge on any atom is 0.288 e. The molecule has 7 heteroatoms. The van der Waals surface area contributed by atoms with Gasteiger partial charge in [-0.25, -0.2) is 0 Å². The smallest absolute Gasteiger partial charge is 0.288 e. The van der Waals surface area contributed by atoms with Gasteiger partial charge in [0.25, 0.3) is 5.76 Å². The number of para-hydroxylation sites is 1. The zero-order chi connectivity index (χ0) is 14.5. The zero-order valence-corrected chi connectivity index (χ0v) is 13.3. The predicted octanol–water partition coefficient (Wildman–Crippen LogP) is 3.75. The molecule has 2 N–H and O–H groups in total. The monoisotopic (exact) mass is 336 g/mol. The van der Waals surface area contributed by atoms with Crippen LogP contribution in [0.4, 0.5) is 14.5 Å². The van der Waals surface area contributed by atoms with Gasteiger partial charge in [0, 0.05) is 16.9 Å². The normalized spacial score (nSPS) is 21.7. The van der Waals surface area contributed by atoms with E-state index in [2.05, 4.69) is 10.6 Å². The molecular formula is C14H19ClF2N2OS. The topological polar surface area (TPSA) is 41.1 Å². The maximum absolute atomic E-state index is 12.5. The molecule has 2 rings (SSSR count). The van der Waals surface area contributed by atoms with Crippen LogP contribution in [-0.4, -0.2) is 24.3 Å². The van der Waals surface area contributed by atoms with E-state index in [4.69, 9.17) is 0 Å². The zero-order valence-electron chi connectivity index (χ0n) is 11.6. The summed E-state index contributed by atoms with van der Waals surface area (Å²) in [5.41, 5.74) is 0.467. The molecule has 3 nitrogen and oxygen atoms in total. The number of thioether (sulfide) groups is 1. The molecule has 1 aliphatic heterocycles. The van der Waals surface area contributed by atoms with Gasteiger partial charge >= 0.3 is 0 Å². The summed E-state index contributed by atoms with van der Waals surface area (Å²) in [6, 6.07) is 6.98. The highest BCUT2D eigenvalue weighted by Crippen LogP contribution is 2.32. The van der Waals surface area contributed by atoms with Gasteiger partial charge in [0.15, 0.2) is 0 Å². The Morgan fingerprint density at radius 1 is 1.43 bits per heavy atom. The molecule has 1 aromatic rings. The van der Waals surface area contributed by atoms with Gasteiger partial charge in [-0.1, -0.05) is 23.9 Å². The lowest BCUT2D eigenvalue weighted by Gasteiger charge is -2.27. The van der Waals surface area contributed by atoms with Crippen LogP contribution in [0.1, 0.15) is 19.8 Å². The number of piperidine rings is 1. The number of amides is 1. The molecule has 21 heavy (non-hydrogen) atoms. The molecular weight excluding hydrogens is 318 g/mol. The Morgan fingerprint density at radius 2 is 2.14 bits per heavy atom. The predicted molar refractivity (Wildman–Crippen MR) is 84.4 cm³/mol. The first-order chi connectivity index (χ1) is 9.56. The van der Waals surface area contributed by atoms with Gasteiger partial charge in [0.2, 0.25) is 5.91 Å². The third-order valence-electron chi connectivity index (χ3n) is 3.36. The molecule has 1 amide bonds. The number of hydrogen-bond acceptors (Lipinski definition) is 3. The molecule has 0 unspecified atom stereocenters. The van der Waals surface area contributed by atoms with Crippen molar-refractivity contribution in [1.29, 1.82) is 0 Å². The van der Waals surface area contributed by atoms with Gasteiger partial charge in [0.05, 0.1) is 5.69 Å².